The minimum absolute atomic E-state index is 0.0140. The first-order chi connectivity index (χ1) is 12.0. The highest BCUT2D eigenvalue weighted by Crippen LogP contribution is 2.32. The van der Waals surface area contributed by atoms with Crippen molar-refractivity contribution >= 4 is 17.5 Å². The third kappa shape index (κ3) is 4.30. The molecule has 25 heavy (non-hydrogen) atoms. The summed E-state index contributed by atoms with van der Waals surface area (Å²) >= 11 is 0. The zero-order valence-electron chi connectivity index (χ0n) is 14.9. The van der Waals surface area contributed by atoms with E-state index in [1.54, 1.807) is 6.07 Å². The summed E-state index contributed by atoms with van der Waals surface area (Å²) in [6.45, 7) is 6.59. The number of nitrogens with one attached hydrogen (secondary N) is 1. The number of amides is 1. The van der Waals surface area contributed by atoms with Crippen molar-refractivity contribution < 1.29 is 14.1 Å². The minimum atomic E-state index is -0.137. The fourth-order valence-electron chi connectivity index (χ4n) is 3.03. The lowest BCUT2D eigenvalue weighted by molar-refractivity contribution is -0.117. The van der Waals surface area contributed by atoms with Gasteiger partial charge in [-0.15, -0.1) is 0 Å². The molecule has 2 aromatic rings. The van der Waals surface area contributed by atoms with Crippen LogP contribution >= 0.6 is 0 Å². The zero-order valence-corrected chi connectivity index (χ0v) is 14.9. The molecule has 0 unspecified atom stereocenters. The van der Waals surface area contributed by atoms with Crippen LogP contribution in [0, 0.1) is 6.92 Å². The van der Waals surface area contributed by atoms with Crippen molar-refractivity contribution in [1.29, 1.82) is 0 Å². The molecule has 0 saturated carbocycles. The number of nitrogens with zero attached hydrogens (tertiary/aromatic N) is 3. The van der Waals surface area contributed by atoms with Crippen molar-refractivity contribution in [1.82, 2.24) is 10.1 Å². The predicted octanol–water partition coefficient (Wildman–Crippen LogP) is 2.14. The Bertz CT molecular complexity index is 731. The van der Waals surface area contributed by atoms with Gasteiger partial charge in [-0.2, -0.15) is 0 Å². The van der Waals surface area contributed by atoms with Crippen LogP contribution in [0.25, 0.3) is 0 Å². The predicted molar refractivity (Wildman–Crippen MR) is 96.1 cm³/mol. The Balaban J connectivity index is 1.54. The molecule has 0 saturated heterocycles. The fourth-order valence-corrected chi connectivity index (χ4v) is 3.03. The lowest BCUT2D eigenvalue weighted by Gasteiger charge is -2.37. The summed E-state index contributed by atoms with van der Waals surface area (Å²) in [7, 11) is 1.91. The number of aromatic nitrogens is 1. The van der Waals surface area contributed by atoms with E-state index in [-0.39, 0.29) is 18.6 Å². The number of likely N-dealkylation sites (N-methyl/N-ethyl adjacent to an activating group) is 2. The molecule has 1 aromatic carbocycles. The van der Waals surface area contributed by atoms with E-state index in [0.717, 1.165) is 30.2 Å². The second kappa shape index (κ2) is 7.57. The number of carbonyl (C=O) groups is 1. The average Bonchev–Trinajstić information content (AvgIpc) is 2.98. The molecule has 3 rings (SSSR count). The van der Waals surface area contributed by atoms with E-state index in [4.69, 9.17) is 9.26 Å². The Morgan fingerprint density at radius 3 is 2.96 bits per heavy atom. The van der Waals surface area contributed by atoms with E-state index in [1.165, 1.54) is 0 Å². The minimum Gasteiger partial charge on any atom is -0.485 e. The van der Waals surface area contributed by atoms with Crippen molar-refractivity contribution in [2.24, 2.45) is 0 Å². The molecule has 1 aliphatic rings. The molecule has 2 heterocycles. The summed E-state index contributed by atoms with van der Waals surface area (Å²) < 4.78 is 11.1. The van der Waals surface area contributed by atoms with Crippen LogP contribution in [0.3, 0.4) is 0 Å². The molecule has 0 spiro atoms. The maximum atomic E-state index is 12.1. The molecular formula is C18H24N4O3. The lowest BCUT2D eigenvalue weighted by atomic mass is 10.2. The van der Waals surface area contributed by atoms with E-state index in [2.05, 4.69) is 28.4 Å². The molecule has 0 radical (unpaired) electrons. The number of benzene rings is 1. The van der Waals surface area contributed by atoms with Gasteiger partial charge in [0.2, 0.25) is 11.8 Å². The van der Waals surface area contributed by atoms with Gasteiger partial charge < -0.3 is 14.2 Å². The molecule has 1 aromatic heterocycles. The fraction of sp³-hybridized carbons (Fsp3) is 0.444. The van der Waals surface area contributed by atoms with Crippen molar-refractivity contribution in [3.8, 4) is 5.75 Å². The number of hydrogen-bond donors (Lipinski definition) is 1. The Morgan fingerprint density at radius 2 is 2.24 bits per heavy atom. The van der Waals surface area contributed by atoms with Gasteiger partial charge in [0.15, 0.2) is 0 Å². The van der Waals surface area contributed by atoms with Crippen molar-refractivity contribution in [2.45, 2.75) is 20.0 Å². The number of hydrogen-bond acceptors (Lipinski definition) is 6. The van der Waals surface area contributed by atoms with Crippen LogP contribution in [-0.4, -0.2) is 55.3 Å². The maximum Gasteiger partial charge on any atom is 0.240 e. The molecule has 1 aliphatic heterocycles. The number of para-hydroxylation sites is 2. The first-order valence-electron chi connectivity index (χ1n) is 8.47. The van der Waals surface area contributed by atoms with Gasteiger partial charge in [-0.3, -0.25) is 15.0 Å². The van der Waals surface area contributed by atoms with Crippen molar-refractivity contribution in [3.05, 3.63) is 36.0 Å². The molecular weight excluding hydrogens is 320 g/mol. The van der Waals surface area contributed by atoms with Gasteiger partial charge in [0.05, 0.1) is 24.5 Å². The van der Waals surface area contributed by atoms with Crippen molar-refractivity contribution in [2.75, 3.05) is 43.4 Å². The Labute approximate surface area is 147 Å². The average molecular weight is 344 g/mol. The number of carbonyl (C=O) groups excluding carboxylic acids is 1. The normalized spacial score (nSPS) is 16.5. The van der Waals surface area contributed by atoms with E-state index in [1.807, 2.05) is 37.1 Å². The van der Waals surface area contributed by atoms with Gasteiger partial charge in [-0.05, 0) is 33.0 Å². The van der Waals surface area contributed by atoms with Gasteiger partial charge in [0, 0.05) is 19.2 Å². The summed E-state index contributed by atoms with van der Waals surface area (Å²) in [5.74, 6) is 1.13. The van der Waals surface area contributed by atoms with Crippen molar-refractivity contribution in [3.63, 3.8) is 0 Å². The second-order valence-corrected chi connectivity index (χ2v) is 6.32. The molecule has 134 valence electrons. The number of aryl methyl sites for hydroxylation is 1. The maximum absolute atomic E-state index is 12.1. The van der Waals surface area contributed by atoms with Gasteiger partial charge in [0.1, 0.15) is 11.9 Å². The molecule has 1 amide bonds. The highest BCUT2D eigenvalue weighted by atomic mass is 16.5. The third-order valence-electron chi connectivity index (χ3n) is 4.12. The number of rotatable bonds is 6. The number of ether oxygens (including phenoxy) is 1. The molecule has 0 fully saturated rings. The quantitative estimate of drug-likeness (QED) is 0.866. The third-order valence-corrected chi connectivity index (χ3v) is 4.12. The van der Waals surface area contributed by atoms with Crippen LogP contribution in [0.15, 0.2) is 34.9 Å². The summed E-state index contributed by atoms with van der Waals surface area (Å²) in [6.07, 6.45) is 0.0140. The van der Waals surface area contributed by atoms with Gasteiger partial charge in [-0.25, -0.2) is 0 Å². The van der Waals surface area contributed by atoms with E-state index in [0.29, 0.717) is 12.4 Å². The van der Waals surface area contributed by atoms with Gasteiger partial charge in [0.25, 0.3) is 0 Å². The first-order valence-corrected chi connectivity index (χ1v) is 8.47. The summed E-state index contributed by atoms with van der Waals surface area (Å²) in [5, 5.41) is 6.46. The molecule has 1 N–H and O–H groups in total. The van der Waals surface area contributed by atoms with Crippen LogP contribution in [0.1, 0.15) is 12.6 Å². The Hall–Kier alpha value is -2.54. The lowest BCUT2D eigenvalue weighted by Crippen LogP contribution is -2.46. The molecule has 1 atom stereocenters. The summed E-state index contributed by atoms with van der Waals surface area (Å²) in [6, 6.07) is 9.76. The van der Waals surface area contributed by atoms with Crippen LogP contribution in [0.2, 0.25) is 0 Å². The smallest absolute Gasteiger partial charge is 0.240 e. The first kappa shape index (κ1) is 17.3. The van der Waals surface area contributed by atoms with Gasteiger partial charge >= 0.3 is 0 Å². The van der Waals surface area contributed by atoms with Gasteiger partial charge in [-0.1, -0.05) is 17.3 Å². The zero-order chi connectivity index (χ0) is 17.8. The molecule has 7 heteroatoms. The van der Waals surface area contributed by atoms with E-state index >= 15 is 0 Å². The SMILES string of the molecule is CCN1C[C@H](CN(C)CC(=O)Nc2cc(C)no2)Oc2ccccc21. The molecule has 0 aliphatic carbocycles. The molecule has 0 bridgehead atoms. The molecule has 7 nitrogen and oxygen atoms in total. The van der Waals surface area contributed by atoms with E-state index < -0.39 is 0 Å². The summed E-state index contributed by atoms with van der Waals surface area (Å²) in [4.78, 5) is 16.4. The topological polar surface area (TPSA) is 70.8 Å². The highest BCUT2D eigenvalue weighted by molar-refractivity contribution is 5.90. The number of anilines is 2. The standard InChI is InChI=1S/C18H24N4O3/c1-4-22-11-14(24-16-8-6-5-7-15(16)22)10-21(3)12-17(23)19-18-9-13(2)20-25-18/h5-9,14H,4,10-12H2,1-3H3,(H,19,23)/t14-/m0/s1. The van der Waals surface area contributed by atoms with Crippen LogP contribution in [-0.2, 0) is 4.79 Å². The largest absolute Gasteiger partial charge is 0.485 e. The Kier molecular flexibility index (Phi) is 5.23. The Morgan fingerprint density at radius 1 is 1.44 bits per heavy atom. The van der Waals surface area contributed by atoms with Crippen LogP contribution < -0.4 is 15.0 Å². The number of fused-ring (bicyclic) bond motifs is 1. The van der Waals surface area contributed by atoms with Crippen LogP contribution in [0.4, 0.5) is 11.6 Å². The summed E-state index contributed by atoms with van der Waals surface area (Å²) in [5.41, 5.74) is 1.86. The van der Waals surface area contributed by atoms with E-state index in [9.17, 15) is 4.79 Å². The monoisotopic (exact) mass is 344 g/mol. The highest BCUT2D eigenvalue weighted by Gasteiger charge is 2.25. The van der Waals surface area contributed by atoms with Crippen LogP contribution in [0.5, 0.6) is 5.75 Å². The second-order valence-electron chi connectivity index (χ2n) is 6.32.